The van der Waals surface area contributed by atoms with E-state index in [0.717, 1.165) is 36.8 Å². The monoisotopic (exact) mass is 946 g/mol. The number of fused-ring (bicyclic) bond motifs is 3. The molecule has 8 rings (SSSR count). The fourth-order valence-electron chi connectivity index (χ4n) is 9.03. The van der Waals surface area contributed by atoms with Crippen molar-refractivity contribution in [2.24, 2.45) is 11.3 Å². The number of amides is 2. The summed E-state index contributed by atoms with van der Waals surface area (Å²) in [5.74, 6) is -0.374. The molecule has 2 aliphatic heterocycles. The van der Waals surface area contributed by atoms with E-state index in [-0.39, 0.29) is 42.9 Å². The topological polar surface area (TPSA) is 203 Å². The molecule has 5 atom stereocenters. The van der Waals surface area contributed by atoms with Crippen LogP contribution in [0.25, 0.3) is 21.6 Å². The maximum absolute atomic E-state index is 15.1. The number of hydrogen-bond donors (Lipinski definition) is 3. The third kappa shape index (κ3) is 9.90. The average Bonchev–Trinajstić information content (AvgIpc) is 4.02. The minimum Gasteiger partial charge on any atom is -0.496 e. The second kappa shape index (κ2) is 18.0. The molecule has 3 fully saturated rings. The van der Waals surface area contributed by atoms with Gasteiger partial charge in [-0.25, -0.2) is 26.8 Å². The molecule has 65 heavy (non-hydrogen) atoms. The lowest BCUT2D eigenvalue weighted by molar-refractivity contribution is -0.139. The number of rotatable bonds is 12. The molecule has 2 aliphatic carbocycles. The molecule has 4 heterocycles. The van der Waals surface area contributed by atoms with Crippen LogP contribution in [0.15, 0.2) is 60.0 Å². The first kappa shape index (κ1) is 46.5. The number of benzene rings is 2. The van der Waals surface area contributed by atoms with Crippen LogP contribution in [-0.2, 0) is 34.4 Å². The first-order chi connectivity index (χ1) is 30.8. The van der Waals surface area contributed by atoms with Gasteiger partial charge in [-0.2, -0.15) is 0 Å². The summed E-state index contributed by atoms with van der Waals surface area (Å²) in [5.41, 5.74) is 2.56. The molecule has 18 heteroatoms. The molecule has 3 N–H and O–H groups in total. The van der Waals surface area contributed by atoms with Gasteiger partial charge in [0.1, 0.15) is 34.3 Å². The largest absolute Gasteiger partial charge is 0.496 e. The number of ether oxygens (including phenoxy) is 2. The van der Waals surface area contributed by atoms with Crippen molar-refractivity contribution in [3.8, 4) is 22.2 Å². The third-order valence-electron chi connectivity index (χ3n) is 13.4. The van der Waals surface area contributed by atoms with E-state index in [9.17, 15) is 26.4 Å². The van der Waals surface area contributed by atoms with Crippen molar-refractivity contribution in [2.75, 3.05) is 29.9 Å². The van der Waals surface area contributed by atoms with E-state index in [1.54, 1.807) is 43.2 Å². The number of aromatic nitrogens is 2. The van der Waals surface area contributed by atoms with Crippen molar-refractivity contribution in [2.45, 2.75) is 121 Å². The summed E-state index contributed by atoms with van der Waals surface area (Å²) in [5, 5.41) is 6.80. The molecule has 1 saturated heterocycles. The summed E-state index contributed by atoms with van der Waals surface area (Å²) in [6.45, 7) is 7.74. The van der Waals surface area contributed by atoms with E-state index < -0.39 is 54.3 Å². The Balaban J connectivity index is 1.16. The van der Waals surface area contributed by atoms with E-state index in [0.29, 0.717) is 76.6 Å². The van der Waals surface area contributed by atoms with E-state index >= 15 is 4.79 Å². The van der Waals surface area contributed by atoms with Crippen molar-refractivity contribution >= 4 is 71.3 Å². The minimum atomic E-state index is -3.98. The summed E-state index contributed by atoms with van der Waals surface area (Å²) in [6.07, 6.45) is 8.83. The van der Waals surface area contributed by atoms with Gasteiger partial charge in [0.25, 0.3) is 0 Å². The van der Waals surface area contributed by atoms with E-state index in [1.165, 1.54) is 11.3 Å². The highest BCUT2D eigenvalue weighted by Gasteiger charge is 2.62. The van der Waals surface area contributed by atoms with Crippen molar-refractivity contribution in [1.29, 1.82) is 0 Å². The Morgan fingerprint density at radius 2 is 1.77 bits per heavy atom. The third-order valence-corrected chi connectivity index (χ3v) is 17.0. The zero-order valence-corrected chi connectivity index (χ0v) is 40.1. The van der Waals surface area contributed by atoms with Crippen LogP contribution in [0.1, 0.15) is 102 Å². The normalized spacial score (nSPS) is 25.2. The number of pyridine rings is 1. The van der Waals surface area contributed by atoms with Crippen LogP contribution in [0.4, 0.5) is 11.4 Å². The standard InChI is InChI=1S/C47H58N6O9S3/c1-28(2)37-27-63-43(50-37)36-23-41(34-17-18-40(61-5)29(3)42(34)49-36)62-33-22-38-39(54)25-47(45(56)52-65(59,60)46(4)19-20-46)24-30(47)13-10-8-7-9-11-16-35(44(55)53(38)26-33)48-31-14-12-15-32(21-31)51-64(6,57)58/h10,12-15,17-18,21,23,27-28,30,33,35,38,48,51H,7-9,11,16,19-20,22,24-26H2,1-6H3,(H,52,56)/b13-10-/t30-,33-,35+,38+,47-/m1/s1. The molecule has 0 radical (unpaired) electrons. The quantitative estimate of drug-likeness (QED) is 0.118. The van der Waals surface area contributed by atoms with Crippen molar-refractivity contribution < 1.29 is 40.7 Å². The Morgan fingerprint density at radius 3 is 2.48 bits per heavy atom. The van der Waals surface area contributed by atoms with Gasteiger partial charge in [-0.15, -0.1) is 11.3 Å². The van der Waals surface area contributed by atoms with E-state index in [4.69, 9.17) is 19.4 Å². The highest BCUT2D eigenvalue weighted by atomic mass is 32.2. The van der Waals surface area contributed by atoms with Gasteiger partial charge in [0.15, 0.2) is 5.78 Å². The lowest BCUT2D eigenvalue weighted by Gasteiger charge is -2.30. The number of sulfonamides is 2. The molecule has 15 nitrogen and oxygen atoms in total. The van der Waals surface area contributed by atoms with Crippen LogP contribution in [-0.4, -0.2) is 92.1 Å². The Bertz CT molecular complexity index is 2770. The fraction of sp³-hybridized carbons (Fsp3) is 0.511. The minimum absolute atomic E-state index is 0.0430. The van der Waals surface area contributed by atoms with Crippen molar-refractivity contribution in [3.63, 3.8) is 0 Å². The highest BCUT2D eigenvalue weighted by molar-refractivity contribution is 7.92. The smallest absolute Gasteiger partial charge is 0.245 e. The van der Waals surface area contributed by atoms with Crippen LogP contribution in [0.5, 0.6) is 11.5 Å². The Labute approximate surface area is 385 Å². The number of Topliss-reactive ketones (excluding diaryl/α,β-unsaturated/α-hetero) is 1. The second-order valence-corrected chi connectivity index (χ2v) is 23.5. The van der Waals surface area contributed by atoms with E-state index in [1.807, 2.05) is 42.7 Å². The molecule has 2 saturated carbocycles. The number of allylic oxidation sites excluding steroid dienone is 2. The van der Waals surface area contributed by atoms with Gasteiger partial charge >= 0.3 is 0 Å². The molecule has 2 aromatic carbocycles. The molecule has 2 aromatic heterocycles. The molecule has 0 unspecified atom stereocenters. The number of methoxy groups -OCH3 is 1. The fourth-order valence-corrected chi connectivity index (χ4v) is 11.9. The second-order valence-electron chi connectivity index (χ2n) is 18.7. The maximum atomic E-state index is 15.1. The lowest BCUT2D eigenvalue weighted by atomic mass is 9.91. The number of aryl methyl sites for hydroxylation is 1. The zero-order chi connectivity index (χ0) is 46.5. The van der Waals surface area contributed by atoms with Gasteiger partial charge in [0.2, 0.25) is 31.9 Å². The number of hydrogen-bond acceptors (Lipinski definition) is 13. The van der Waals surface area contributed by atoms with Crippen LogP contribution < -0.4 is 24.2 Å². The van der Waals surface area contributed by atoms with Gasteiger partial charge in [-0.3, -0.25) is 23.8 Å². The average molecular weight is 947 g/mol. The number of carbonyl (C=O) groups excluding carboxylic acids is 3. The molecule has 348 valence electrons. The van der Waals surface area contributed by atoms with Gasteiger partial charge in [-0.1, -0.05) is 44.9 Å². The van der Waals surface area contributed by atoms with Gasteiger partial charge < -0.3 is 19.7 Å². The SMILES string of the molecule is COc1ccc2c(O[C@@H]3C[C@H]4C(=O)C[C@]5(C(=O)NS(=O)(=O)C6(C)CC6)C[C@H]5/C=C\CCCCC[C@H](Nc5cccc(NS(C)(=O)=O)c5)C(=O)N4C3)cc(-c3nc(C(C)C)cs3)nc2c1C. The van der Waals surface area contributed by atoms with E-state index in [2.05, 4.69) is 28.6 Å². The number of anilines is 2. The molecule has 4 aliphatic rings. The Morgan fingerprint density at radius 1 is 1.00 bits per heavy atom. The van der Waals surface area contributed by atoms with Gasteiger partial charge in [0.05, 0.1) is 53.0 Å². The van der Waals surface area contributed by atoms with Gasteiger partial charge in [-0.05, 0) is 94.5 Å². The first-order valence-corrected chi connectivity index (χ1v) is 26.6. The van der Waals surface area contributed by atoms with Crippen LogP contribution >= 0.6 is 11.3 Å². The van der Waals surface area contributed by atoms with Crippen LogP contribution in [0.3, 0.4) is 0 Å². The lowest BCUT2D eigenvalue weighted by Crippen LogP contribution is -2.49. The van der Waals surface area contributed by atoms with Crippen LogP contribution in [0, 0.1) is 18.3 Å². The first-order valence-electron chi connectivity index (χ1n) is 22.3. The highest BCUT2D eigenvalue weighted by Crippen LogP contribution is 2.58. The molecule has 0 bridgehead atoms. The number of nitrogens with zero attached hydrogens (tertiary/aromatic N) is 3. The van der Waals surface area contributed by atoms with Crippen molar-refractivity contribution in [3.05, 3.63) is 71.3 Å². The zero-order valence-electron chi connectivity index (χ0n) is 37.7. The Hall–Kier alpha value is -5.07. The predicted octanol–water partition coefficient (Wildman–Crippen LogP) is 7.48. The van der Waals surface area contributed by atoms with Crippen LogP contribution in [0.2, 0.25) is 0 Å². The molecular weight excluding hydrogens is 889 g/mol. The molecule has 2 amide bonds. The number of thiazole rings is 1. The predicted molar refractivity (Wildman–Crippen MR) is 252 cm³/mol. The number of nitrogens with one attached hydrogen (secondary N) is 3. The summed E-state index contributed by atoms with van der Waals surface area (Å²) in [6, 6.07) is 10.4. The molecule has 0 spiro atoms. The summed E-state index contributed by atoms with van der Waals surface area (Å²) in [7, 11) is -5.96. The maximum Gasteiger partial charge on any atom is 0.245 e. The molecule has 4 aromatic rings. The number of carbonyl (C=O) groups is 3. The Kier molecular flexibility index (Phi) is 12.8. The molecular formula is C47H58N6O9S3. The summed E-state index contributed by atoms with van der Waals surface area (Å²) < 4.78 is 67.3. The number of ketones is 1. The van der Waals surface area contributed by atoms with Crippen molar-refractivity contribution in [1.82, 2.24) is 19.6 Å². The summed E-state index contributed by atoms with van der Waals surface area (Å²) >= 11 is 1.48. The summed E-state index contributed by atoms with van der Waals surface area (Å²) in [4.78, 5) is 55.7. The van der Waals surface area contributed by atoms with Gasteiger partial charge in [0, 0.05) is 40.9 Å².